The molecule has 1 aromatic heterocycles. The molecule has 0 bridgehead atoms. The second-order valence-electron chi connectivity index (χ2n) is 6.59. The van der Waals surface area contributed by atoms with Crippen molar-refractivity contribution in [1.82, 2.24) is 15.1 Å². The summed E-state index contributed by atoms with van der Waals surface area (Å²) in [5, 5.41) is 10.0. The third kappa shape index (κ3) is 3.94. The van der Waals surface area contributed by atoms with Crippen LogP contribution in [0.3, 0.4) is 0 Å². The lowest BCUT2D eigenvalue weighted by Gasteiger charge is -2.21. The van der Waals surface area contributed by atoms with Gasteiger partial charge in [-0.25, -0.2) is 4.68 Å². The summed E-state index contributed by atoms with van der Waals surface area (Å²) in [6.07, 6.45) is 4.47. The second-order valence-corrected chi connectivity index (χ2v) is 7.98. The first-order valence-electron chi connectivity index (χ1n) is 9.09. The van der Waals surface area contributed by atoms with Crippen LogP contribution >= 0.6 is 11.8 Å². The molecule has 0 aliphatic carbocycles. The van der Waals surface area contributed by atoms with Crippen LogP contribution in [0.1, 0.15) is 22.8 Å². The normalized spacial score (nSPS) is 15.6. The number of fused-ring (bicyclic) bond motifs is 1. The molecule has 0 saturated heterocycles. The molecule has 4 rings (SSSR count). The monoisotopic (exact) mass is 392 g/mol. The fourth-order valence-corrected chi connectivity index (χ4v) is 3.91. The molecular weight excluding hydrogens is 372 g/mol. The number of carbonyl (C=O) groups excluding carboxylic acids is 2. The summed E-state index contributed by atoms with van der Waals surface area (Å²) in [6, 6.07) is 15.3. The van der Waals surface area contributed by atoms with E-state index in [2.05, 4.69) is 15.7 Å². The number of carbonyl (C=O) groups is 2. The lowest BCUT2D eigenvalue weighted by molar-refractivity contribution is -0.115. The number of hydrogen-bond donors (Lipinski definition) is 2. The van der Waals surface area contributed by atoms with E-state index in [1.165, 1.54) is 11.8 Å². The van der Waals surface area contributed by atoms with E-state index < -0.39 is 0 Å². The fourth-order valence-electron chi connectivity index (χ4n) is 2.98. The van der Waals surface area contributed by atoms with E-state index in [0.717, 1.165) is 16.1 Å². The van der Waals surface area contributed by atoms with Gasteiger partial charge in [-0.3, -0.25) is 9.59 Å². The smallest absolute Gasteiger partial charge is 0.251 e. The number of anilines is 1. The van der Waals surface area contributed by atoms with E-state index in [-0.39, 0.29) is 17.1 Å². The summed E-state index contributed by atoms with van der Waals surface area (Å²) in [6.45, 7) is 2.37. The Balaban J connectivity index is 1.35. The van der Waals surface area contributed by atoms with Crippen LogP contribution < -0.4 is 10.6 Å². The molecule has 0 radical (unpaired) electrons. The van der Waals surface area contributed by atoms with Gasteiger partial charge >= 0.3 is 0 Å². The zero-order valence-corrected chi connectivity index (χ0v) is 16.2. The molecule has 0 fully saturated rings. The van der Waals surface area contributed by atoms with Crippen molar-refractivity contribution in [3.8, 4) is 5.69 Å². The average Bonchev–Trinajstić information content (AvgIpc) is 3.18. The van der Waals surface area contributed by atoms with E-state index in [4.69, 9.17) is 0 Å². The van der Waals surface area contributed by atoms with Crippen LogP contribution in [-0.2, 0) is 11.2 Å². The Kier molecular flexibility index (Phi) is 5.16. The molecule has 1 atom stereocenters. The number of hydrogen-bond acceptors (Lipinski definition) is 4. The minimum Gasteiger partial charge on any atom is -0.352 e. The lowest BCUT2D eigenvalue weighted by atomic mass is 10.1. The molecule has 3 aromatic rings. The zero-order valence-electron chi connectivity index (χ0n) is 15.4. The molecule has 6 nitrogen and oxygen atoms in total. The quantitative estimate of drug-likeness (QED) is 0.699. The van der Waals surface area contributed by atoms with Gasteiger partial charge in [0.15, 0.2) is 0 Å². The summed E-state index contributed by atoms with van der Waals surface area (Å²) >= 11 is 1.50. The Morgan fingerprint density at radius 3 is 2.89 bits per heavy atom. The van der Waals surface area contributed by atoms with Crippen LogP contribution in [0.15, 0.2) is 65.8 Å². The minimum atomic E-state index is -0.156. The topological polar surface area (TPSA) is 76.0 Å². The maximum atomic E-state index is 12.4. The molecule has 1 unspecified atom stereocenters. The van der Waals surface area contributed by atoms with Crippen molar-refractivity contribution in [1.29, 1.82) is 0 Å². The van der Waals surface area contributed by atoms with Gasteiger partial charge in [-0.2, -0.15) is 5.10 Å². The van der Waals surface area contributed by atoms with Crippen molar-refractivity contribution >= 4 is 29.3 Å². The highest BCUT2D eigenvalue weighted by molar-refractivity contribution is 8.00. The van der Waals surface area contributed by atoms with Crippen LogP contribution in [0, 0.1) is 0 Å². The molecular formula is C21H20N4O2S. The van der Waals surface area contributed by atoms with Gasteiger partial charge in [-0.05, 0) is 49.2 Å². The molecule has 2 amide bonds. The van der Waals surface area contributed by atoms with Crippen molar-refractivity contribution in [2.75, 3.05) is 11.9 Å². The van der Waals surface area contributed by atoms with Gasteiger partial charge in [0.2, 0.25) is 5.91 Å². The van der Waals surface area contributed by atoms with Crippen LogP contribution in [0.25, 0.3) is 5.69 Å². The first-order chi connectivity index (χ1) is 13.6. The zero-order chi connectivity index (χ0) is 19.5. The maximum absolute atomic E-state index is 12.4. The van der Waals surface area contributed by atoms with Crippen LogP contribution in [-0.4, -0.2) is 33.4 Å². The standard InChI is InChI=1S/C21H20N4O2S/c1-14-20(26)24-18-11-16(7-8-19(18)28-14)21(27)22-10-9-15-12-23-25(13-15)17-5-3-2-4-6-17/h2-8,11-14H,9-10H2,1H3,(H,22,27)(H,24,26). The third-order valence-corrected chi connectivity index (χ3v) is 5.71. The second kappa shape index (κ2) is 7.90. The number of rotatable bonds is 5. The fraction of sp³-hybridized carbons (Fsp3) is 0.190. The van der Waals surface area contributed by atoms with Gasteiger partial charge in [0, 0.05) is 23.2 Å². The molecule has 0 spiro atoms. The minimum absolute atomic E-state index is 0.0366. The Labute approximate surface area is 167 Å². The number of nitrogens with one attached hydrogen (secondary N) is 2. The molecule has 2 N–H and O–H groups in total. The van der Waals surface area contributed by atoms with Crippen molar-refractivity contribution < 1.29 is 9.59 Å². The molecule has 1 aliphatic heterocycles. The van der Waals surface area contributed by atoms with Crippen molar-refractivity contribution in [3.05, 3.63) is 72.1 Å². The van der Waals surface area contributed by atoms with Gasteiger partial charge in [0.25, 0.3) is 5.91 Å². The molecule has 2 heterocycles. The number of thioether (sulfide) groups is 1. The van der Waals surface area contributed by atoms with E-state index in [1.807, 2.05) is 60.4 Å². The average molecular weight is 392 g/mol. The molecule has 0 saturated carbocycles. The van der Waals surface area contributed by atoms with Gasteiger partial charge in [-0.15, -0.1) is 11.8 Å². The number of amides is 2. The van der Waals surface area contributed by atoms with E-state index in [9.17, 15) is 9.59 Å². The van der Waals surface area contributed by atoms with E-state index in [0.29, 0.717) is 24.2 Å². The predicted molar refractivity (Wildman–Crippen MR) is 110 cm³/mol. The highest BCUT2D eigenvalue weighted by atomic mass is 32.2. The molecule has 2 aromatic carbocycles. The van der Waals surface area contributed by atoms with Crippen molar-refractivity contribution in [2.24, 2.45) is 0 Å². The van der Waals surface area contributed by atoms with Gasteiger partial charge in [-0.1, -0.05) is 18.2 Å². The molecule has 1 aliphatic rings. The Morgan fingerprint density at radius 1 is 1.25 bits per heavy atom. The number of benzene rings is 2. The van der Waals surface area contributed by atoms with Crippen LogP contribution in [0.2, 0.25) is 0 Å². The first-order valence-corrected chi connectivity index (χ1v) is 9.97. The lowest BCUT2D eigenvalue weighted by Crippen LogP contribution is -2.28. The van der Waals surface area contributed by atoms with E-state index in [1.54, 1.807) is 12.1 Å². The number of aromatic nitrogens is 2. The third-order valence-electron chi connectivity index (χ3n) is 4.53. The van der Waals surface area contributed by atoms with Crippen LogP contribution in [0.5, 0.6) is 0 Å². The van der Waals surface area contributed by atoms with E-state index >= 15 is 0 Å². The van der Waals surface area contributed by atoms with Gasteiger partial charge < -0.3 is 10.6 Å². The summed E-state index contributed by atoms with van der Waals surface area (Å²) in [7, 11) is 0. The van der Waals surface area contributed by atoms with Crippen molar-refractivity contribution in [2.45, 2.75) is 23.5 Å². The van der Waals surface area contributed by atoms with Gasteiger partial charge in [0.05, 0.1) is 22.8 Å². The molecule has 142 valence electrons. The summed E-state index contributed by atoms with van der Waals surface area (Å²) in [5.74, 6) is -0.193. The SMILES string of the molecule is CC1Sc2ccc(C(=O)NCCc3cnn(-c4ccccc4)c3)cc2NC1=O. The number of para-hydroxylation sites is 1. The maximum Gasteiger partial charge on any atom is 0.251 e. The van der Waals surface area contributed by atoms with Crippen LogP contribution in [0.4, 0.5) is 5.69 Å². The Morgan fingerprint density at radius 2 is 2.07 bits per heavy atom. The first kappa shape index (κ1) is 18.3. The number of nitrogens with zero attached hydrogens (tertiary/aromatic N) is 2. The Bertz CT molecular complexity index is 1020. The highest BCUT2D eigenvalue weighted by Crippen LogP contribution is 2.35. The van der Waals surface area contributed by atoms with Gasteiger partial charge in [0.1, 0.15) is 0 Å². The molecule has 28 heavy (non-hydrogen) atoms. The summed E-state index contributed by atoms with van der Waals surface area (Å²) in [4.78, 5) is 25.3. The van der Waals surface area contributed by atoms with Crippen molar-refractivity contribution in [3.63, 3.8) is 0 Å². The predicted octanol–water partition coefficient (Wildman–Crippen LogP) is 3.28. The largest absolute Gasteiger partial charge is 0.352 e. The molecule has 7 heteroatoms. The summed E-state index contributed by atoms with van der Waals surface area (Å²) < 4.78 is 1.82. The highest BCUT2D eigenvalue weighted by Gasteiger charge is 2.23. The Hall–Kier alpha value is -3.06. The summed E-state index contributed by atoms with van der Waals surface area (Å²) in [5.41, 5.74) is 3.28.